The van der Waals surface area contributed by atoms with Gasteiger partial charge in [0.15, 0.2) is 0 Å². The van der Waals surface area contributed by atoms with Crippen molar-refractivity contribution in [2.75, 3.05) is 0 Å². The summed E-state index contributed by atoms with van der Waals surface area (Å²) in [6.07, 6.45) is 4.08. The number of benzene rings is 5. The summed E-state index contributed by atoms with van der Waals surface area (Å²) in [6, 6.07) is 34.5. The van der Waals surface area contributed by atoms with E-state index in [9.17, 15) is 0 Å². The molecule has 1 heterocycles. The summed E-state index contributed by atoms with van der Waals surface area (Å²) in [5.41, 5.74) is 4.20. The van der Waals surface area contributed by atoms with Crippen LogP contribution in [0.1, 0.15) is 18.2 Å². The molecule has 0 N–H and O–H groups in total. The smallest absolute Gasteiger partial charge is 0.0665 e. The van der Waals surface area contributed by atoms with Gasteiger partial charge in [-0.25, -0.2) is 0 Å². The maximum atomic E-state index is 4.67. The van der Waals surface area contributed by atoms with Crippen molar-refractivity contribution in [3.05, 3.63) is 127 Å². The van der Waals surface area contributed by atoms with Crippen molar-refractivity contribution in [2.45, 2.75) is 6.92 Å². The fourth-order valence-electron chi connectivity index (χ4n) is 4.83. The highest BCUT2D eigenvalue weighted by molar-refractivity contribution is 6.25. The zero-order chi connectivity index (χ0) is 22.4. The van der Waals surface area contributed by atoms with Gasteiger partial charge in [0.2, 0.25) is 0 Å². The van der Waals surface area contributed by atoms with E-state index >= 15 is 0 Å². The third-order valence-electron chi connectivity index (χ3n) is 6.54. The van der Waals surface area contributed by atoms with Crippen molar-refractivity contribution in [1.82, 2.24) is 4.98 Å². The van der Waals surface area contributed by atoms with Gasteiger partial charge in [0.05, 0.1) is 5.69 Å². The quantitative estimate of drug-likeness (QED) is 0.205. The lowest BCUT2D eigenvalue weighted by atomic mass is 9.92. The van der Waals surface area contributed by atoms with E-state index in [1.54, 1.807) is 0 Å². The highest BCUT2D eigenvalue weighted by Crippen LogP contribution is 2.36. The average Bonchev–Trinajstić information content (AvgIpc) is 2.88. The summed E-state index contributed by atoms with van der Waals surface area (Å²) < 4.78 is 0. The normalized spacial score (nSPS) is 12.1. The molecule has 0 spiro atoms. The average molecular weight is 422 g/mol. The molecule has 5 aromatic carbocycles. The fraction of sp³-hybridized carbons (Fsp3) is 0.0312. The molecule has 0 aliphatic heterocycles. The molecule has 1 nitrogen and oxygen atoms in total. The van der Waals surface area contributed by atoms with Crippen LogP contribution >= 0.6 is 0 Å². The number of rotatable bonds is 3. The third-order valence-corrected chi connectivity index (χ3v) is 6.54. The second kappa shape index (κ2) is 7.72. The van der Waals surface area contributed by atoms with Gasteiger partial charge in [-0.2, -0.15) is 0 Å². The Hall–Kier alpha value is -4.23. The minimum atomic E-state index is 0.979. The Labute approximate surface area is 193 Å². The molecular formula is C32H23N. The molecule has 0 fully saturated rings. The van der Waals surface area contributed by atoms with Crippen LogP contribution in [0.25, 0.3) is 54.2 Å². The van der Waals surface area contributed by atoms with E-state index in [2.05, 4.69) is 116 Å². The molecule has 0 aliphatic rings. The van der Waals surface area contributed by atoms with Gasteiger partial charge >= 0.3 is 0 Å². The SMILES string of the molecule is C=C(/C=C(\C)c1cc2ccccc2cn1)c1ccc2c3ccccc3c3ccccc3c2c1. The number of fused-ring (bicyclic) bond motifs is 7. The molecular weight excluding hydrogens is 398 g/mol. The van der Waals surface area contributed by atoms with Crippen molar-refractivity contribution in [1.29, 1.82) is 0 Å². The first-order valence-electron chi connectivity index (χ1n) is 11.2. The molecule has 0 saturated heterocycles. The van der Waals surface area contributed by atoms with Gasteiger partial charge in [0.1, 0.15) is 0 Å². The van der Waals surface area contributed by atoms with Crippen molar-refractivity contribution < 1.29 is 0 Å². The monoisotopic (exact) mass is 421 g/mol. The molecule has 0 amide bonds. The summed E-state index contributed by atoms with van der Waals surface area (Å²) in [6.45, 7) is 6.50. The number of hydrogen-bond donors (Lipinski definition) is 0. The molecule has 1 aromatic heterocycles. The zero-order valence-corrected chi connectivity index (χ0v) is 18.5. The van der Waals surface area contributed by atoms with Crippen LogP contribution < -0.4 is 0 Å². The van der Waals surface area contributed by atoms with E-state index in [4.69, 9.17) is 0 Å². The fourth-order valence-corrected chi connectivity index (χ4v) is 4.83. The maximum absolute atomic E-state index is 4.67. The molecule has 1 heteroatoms. The lowest BCUT2D eigenvalue weighted by Crippen LogP contribution is -1.89. The van der Waals surface area contributed by atoms with E-state index in [-0.39, 0.29) is 0 Å². The maximum Gasteiger partial charge on any atom is 0.0665 e. The summed E-state index contributed by atoms with van der Waals surface area (Å²) in [5, 5.41) is 10.0. The number of nitrogens with zero attached hydrogens (tertiary/aromatic N) is 1. The Balaban J connectivity index is 1.47. The summed E-state index contributed by atoms with van der Waals surface area (Å²) >= 11 is 0. The van der Waals surface area contributed by atoms with E-state index in [1.165, 1.54) is 37.7 Å². The van der Waals surface area contributed by atoms with Crippen molar-refractivity contribution in [3.8, 4) is 0 Å². The minimum absolute atomic E-state index is 0.979. The molecule has 0 saturated carbocycles. The molecule has 6 rings (SSSR count). The van der Waals surface area contributed by atoms with E-state index in [0.29, 0.717) is 0 Å². The predicted molar refractivity (Wildman–Crippen MR) is 143 cm³/mol. The highest BCUT2D eigenvalue weighted by Gasteiger charge is 2.10. The predicted octanol–water partition coefficient (Wildman–Crippen LogP) is 8.81. The molecule has 33 heavy (non-hydrogen) atoms. The van der Waals surface area contributed by atoms with Gasteiger partial charge in [-0.05, 0) is 79.5 Å². The van der Waals surface area contributed by atoms with Gasteiger partial charge in [-0.1, -0.05) is 91.5 Å². The van der Waals surface area contributed by atoms with E-state index in [1.807, 2.05) is 12.3 Å². The summed E-state index contributed by atoms with van der Waals surface area (Å²) in [5.74, 6) is 0. The second-order valence-corrected chi connectivity index (χ2v) is 8.62. The second-order valence-electron chi connectivity index (χ2n) is 8.62. The summed E-state index contributed by atoms with van der Waals surface area (Å²) in [4.78, 5) is 4.67. The van der Waals surface area contributed by atoms with Gasteiger partial charge in [-0.15, -0.1) is 0 Å². The number of pyridine rings is 1. The molecule has 0 bridgehead atoms. The molecule has 0 aliphatic carbocycles. The Kier molecular flexibility index (Phi) is 4.55. The van der Waals surface area contributed by atoms with Crippen LogP contribution in [0, 0.1) is 0 Å². The third kappa shape index (κ3) is 3.30. The standard InChI is InChI=1S/C32H23N/c1-21(17-22(2)32-19-24-9-3-4-10-25(24)20-33-32)23-15-16-30-28-13-6-5-11-26(28)27-12-7-8-14-29(27)31(30)18-23/h3-20H,1H2,2H3/b22-17+. The first-order valence-corrected chi connectivity index (χ1v) is 11.2. The first-order chi connectivity index (χ1) is 16.2. The molecule has 0 unspecified atom stereocenters. The van der Waals surface area contributed by atoms with Crippen LogP contribution in [0.3, 0.4) is 0 Å². The number of hydrogen-bond acceptors (Lipinski definition) is 1. The van der Waals surface area contributed by atoms with Crippen LogP contribution in [-0.2, 0) is 0 Å². The van der Waals surface area contributed by atoms with Crippen molar-refractivity contribution in [3.63, 3.8) is 0 Å². The lowest BCUT2D eigenvalue weighted by Gasteiger charge is -2.12. The van der Waals surface area contributed by atoms with Gasteiger partial charge < -0.3 is 0 Å². The first kappa shape index (κ1) is 19.5. The molecule has 0 atom stereocenters. The largest absolute Gasteiger partial charge is 0.256 e. The van der Waals surface area contributed by atoms with E-state index in [0.717, 1.165) is 27.8 Å². The number of allylic oxidation sites excluding steroid dienone is 3. The van der Waals surface area contributed by atoms with Gasteiger partial charge in [-0.3, -0.25) is 4.98 Å². The van der Waals surface area contributed by atoms with Crippen LogP contribution in [0.4, 0.5) is 0 Å². The molecule has 156 valence electrons. The van der Waals surface area contributed by atoms with Crippen LogP contribution in [-0.4, -0.2) is 4.98 Å². The van der Waals surface area contributed by atoms with Crippen molar-refractivity contribution in [2.24, 2.45) is 0 Å². The molecule has 0 radical (unpaired) electrons. The highest BCUT2D eigenvalue weighted by atomic mass is 14.7. The molecule has 6 aromatic rings. The van der Waals surface area contributed by atoms with Gasteiger partial charge in [0.25, 0.3) is 0 Å². The Bertz CT molecular complexity index is 1700. The summed E-state index contributed by atoms with van der Waals surface area (Å²) in [7, 11) is 0. The van der Waals surface area contributed by atoms with E-state index < -0.39 is 0 Å². The number of aromatic nitrogens is 1. The van der Waals surface area contributed by atoms with Crippen LogP contribution in [0.5, 0.6) is 0 Å². The Morgan fingerprint density at radius 3 is 1.85 bits per heavy atom. The van der Waals surface area contributed by atoms with Crippen LogP contribution in [0.2, 0.25) is 0 Å². The zero-order valence-electron chi connectivity index (χ0n) is 18.5. The van der Waals surface area contributed by atoms with Gasteiger partial charge in [0, 0.05) is 11.6 Å². The topological polar surface area (TPSA) is 12.9 Å². The minimum Gasteiger partial charge on any atom is -0.256 e. The lowest BCUT2D eigenvalue weighted by molar-refractivity contribution is 1.29. The van der Waals surface area contributed by atoms with Crippen molar-refractivity contribution >= 4 is 54.2 Å². The Morgan fingerprint density at radius 2 is 1.18 bits per heavy atom. The van der Waals surface area contributed by atoms with Crippen LogP contribution in [0.15, 0.2) is 116 Å². The Morgan fingerprint density at radius 1 is 0.636 bits per heavy atom.